The summed E-state index contributed by atoms with van der Waals surface area (Å²) in [5, 5.41) is 3.60. The van der Waals surface area contributed by atoms with Crippen LogP contribution in [-0.2, 0) is 4.74 Å². The normalized spacial score (nSPS) is 27.0. The standard InChI is InChI=1S/C12H26N2O/c1-4-12-6-9-14(8-5-7-13-12)11(2)10-15-3/h11-13H,4-10H2,1-3H3. The quantitative estimate of drug-likeness (QED) is 0.767. The van der Waals surface area contributed by atoms with E-state index in [2.05, 4.69) is 24.1 Å². The summed E-state index contributed by atoms with van der Waals surface area (Å²) in [7, 11) is 1.79. The van der Waals surface area contributed by atoms with Gasteiger partial charge in [0.25, 0.3) is 0 Å². The van der Waals surface area contributed by atoms with Crippen LogP contribution < -0.4 is 5.32 Å². The number of nitrogens with zero attached hydrogens (tertiary/aromatic N) is 1. The van der Waals surface area contributed by atoms with Crippen LogP contribution >= 0.6 is 0 Å². The van der Waals surface area contributed by atoms with E-state index >= 15 is 0 Å². The Hall–Kier alpha value is -0.120. The second-order valence-electron chi connectivity index (χ2n) is 4.54. The summed E-state index contributed by atoms with van der Waals surface area (Å²) in [6.45, 7) is 8.95. The van der Waals surface area contributed by atoms with E-state index in [-0.39, 0.29) is 0 Å². The van der Waals surface area contributed by atoms with Gasteiger partial charge in [0.1, 0.15) is 0 Å². The minimum atomic E-state index is 0.561. The lowest BCUT2D eigenvalue weighted by atomic mass is 10.1. The maximum atomic E-state index is 5.22. The van der Waals surface area contributed by atoms with Crippen LogP contribution in [0.4, 0.5) is 0 Å². The third-order valence-corrected chi connectivity index (χ3v) is 3.34. The highest BCUT2D eigenvalue weighted by Gasteiger charge is 2.17. The molecule has 2 atom stereocenters. The molecule has 1 N–H and O–H groups in total. The fourth-order valence-corrected chi connectivity index (χ4v) is 2.26. The van der Waals surface area contributed by atoms with Crippen molar-refractivity contribution in [3.05, 3.63) is 0 Å². The van der Waals surface area contributed by atoms with Gasteiger partial charge in [-0.25, -0.2) is 0 Å². The Labute approximate surface area is 94.2 Å². The smallest absolute Gasteiger partial charge is 0.0615 e. The van der Waals surface area contributed by atoms with E-state index in [1.165, 1.54) is 32.4 Å². The van der Waals surface area contributed by atoms with Crippen molar-refractivity contribution < 1.29 is 4.74 Å². The number of hydrogen-bond donors (Lipinski definition) is 1. The molecule has 2 unspecified atom stereocenters. The van der Waals surface area contributed by atoms with Gasteiger partial charge < -0.3 is 10.1 Å². The van der Waals surface area contributed by atoms with E-state index in [0.717, 1.165) is 13.2 Å². The first-order valence-corrected chi connectivity index (χ1v) is 6.24. The van der Waals surface area contributed by atoms with E-state index in [1.54, 1.807) is 7.11 Å². The third-order valence-electron chi connectivity index (χ3n) is 3.34. The summed E-state index contributed by atoms with van der Waals surface area (Å²) in [4.78, 5) is 2.56. The molecule has 0 aromatic rings. The molecule has 0 aromatic carbocycles. The molecule has 1 saturated heterocycles. The molecule has 3 nitrogen and oxygen atoms in total. The first-order chi connectivity index (χ1) is 7.27. The Balaban J connectivity index is 2.36. The van der Waals surface area contributed by atoms with Crippen molar-refractivity contribution in [1.29, 1.82) is 0 Å². The molecule has 1 rings (SSSR count). The summed E-state index contributed by atoms with van der Waals surface area (Å²) in [6, 6.07) is 1.27. The summed E-state index contributed by atoms with van der Waals surface area (Å²) in [5.74, 6) is 0. The van der Waals surface area contributed by atoms with Crippen LogP contribution in [0.1, 0.15) is 33.1 Å². The van der Waals surface area contributed by atoms with Gasteiger partial charge in [-0.2, -0.15) is 0 Å². The maximum absolute atomic E-state index is 5.22. The highest BCUT2D eigenvalue weighted by molar-refractivity contribution is 4.75. The molecular formula is C12H26N2O. The molecule has 1 heterocycles. The van der Waals surface area contributed by atoms with Crippen molar-refractivity contribution in [1.82, 2.24) is 10.2 Å². The van der Waals surface area contributed by atoms with Crippen molar-refractivity contribution in [2.45, 2.75) is 45.2 Å². The van der Waals surface area contributed by atoms with Crippen LogP contribution in [0.25, 0.3) is 0 Å². The molecule has 1 aliphatic rings. The van der Waals surface area contributed by atoms with Gasteiger partial charge in [-0.05, 0) is 45.8 Å². The number of methoxy groups -OCH3 is 1. The van der Waals surface area contributed by atoms with Gasteiger partial charge in [-0.15, -0.1) is 0 Å². The zero-order valence-corrected chi connectivity index (χ0v) is 10.5. The zero-order chi connectivity index (χ0) is 11.1. The van der Waals surface area contributed by atoms with Gasteiger partial charge in [-0.1, -0.05) is 6.92 Å². The van der Waals surface area contributed by atoms with Crippen LogP contribution in [0.15, 0.2) is 0 Å². The van der Waals surface area contributed by atoms with E-state index in [4.69, 9.17) is 4.74 Å². The maximum Gasteiger partial charge on any atom is 0.0615 e. The lowest BCUT2D eigenvalue weighted by molar-refractivity contribution is 0.0909. The monoisotopic (exact) mass is 214 g/mol. The second kappa shape index (κ2) is 7.20. The SMILES string of the molecule is CCC1CCN(C(C)COC)CCCN1. The Bertz CT molecular complexity index is 164. The van der Waals surface area contributed by atoms with Gasteiger partial charge >= 0.3 is 0 Å². The zero-order valence-electron chi connectivity index (χ0n) is 10.5. The average Bonchev–Trinajstić information content (AvgIpc) is 2.18. The lowest BCUT2D eigenvalue weighted by Gasteiger charge is -2.32. The van der Waals surface area contributed by atoms with Crippen molar-refractivity contribution >= 4 is 0 Å². The number of rotatable bonds is 4. The van der Waals surface area contributed by atoms with Gasteiger partial charge in [0, 0.05) is 19.2 Å². The first-order valence-electron chi connectivity index (χ1n) is 6.24. The Morgan fingerprint density at radius 3 is 2.93 bits per heavy atom. The minimum absolute atomic E-state index is 0.561. The van der Waals surface area contributed by atoms with Crippen LogP contribution in [-0.4, -0.2) is 50.3 Å². The molecule has 3 heteroatoms. The van der Waals surface area contributed by atoms with Gasteiger partial charge in [0.15, 0.2) is 0 Å². The third kappa shape index (κ3) is 4.49. The minimum Gasteiger partial charge on any atom is -0.383 e. The van der Waals surface area contributed by atoms with Gasteiger partial charge in [0.05, 0.1) is 6.61 Å². The largest absolute Gasteiger partial charge is 0.383 e. The molecule has 1 aliphatic heterocycles. The summed E-state index contributed by atoms with van der Waals surface area (Å²) < 4.78 is 5.22. The van der Waals surface area contributed by atoms with Gasteiger partial charge in [-0.3, -0.25) is 4.90 Å². The lowest BCUT2D eigenvalue weighted by Crippen LogP contribution is -2.44. The van der Waals surface area contributed by atoms with Crippen molar-refractivity contribution in [2.75, 3.05) is 33.4 Å². The fraction of sp³-hybridized carbons (Fsp3) is 1.00. The first kappa shape index (κ1) is 12.9. The van der Waals surface area contributed by atoms with E-state index in [9.17, 15) is 0 Å². The second-order valence-corrected chi connectivity index (χ2v) is 4.54. The van der Waals surface area contributed by atoms with Crippen molar-refractivity contribution in [3.63, 3.8) is 0 Å². The van der Waals surface area contributed by atoms with E-state index in [0.29, 0.717) is 12.1 Å². The molecule has 15 heavy (non-hydrogen) atoms. The predicted molar refractivity (Wildman–Crippen MR) is 64.2 cm³/mol. The van der Waals surface area contributed by atoms with Crippen LogP contribution in [0.2, 0.25) is 0 Å². The molecule has 0 aromatic heterocycles. The number of ether oxygens (including phenoxy) is 1. The molecule has 0 amide bonds. The van der Waals surface area contributed by atoms with Crippen LogP contribution in [0.3, 0.4) is 0 Å². The van der Waals surface area contributed by atoms with E-state index < -0.39 is 0 Å². The Morgan fingerprint density at radius 2 is 2.27 bits per heavy atom. The molecular weight excluding hydrogens is 188 g/mol. The topological polar surface area (TPSA) is 24.5 Å². The van der Waals surface area contributed by atoms with Crippen LogP contribution in [0, 0.1) is 0 Å². The summed E-state index contributed by atoms with van der Waals surface area (Å²) in [5.41, 5.74) is 0. The molecule has 0 spiro atoms. The molecule has 0 bridgehead atoms. The van der Waals surface area contributed by atoms with Gasteiger partial charge in [0.2, 0.25) is 0 Å². The molecule has 0 saturated carbocycles. The average molecular weight is 214 g/mol. The predicted octanol–water partition coefficient (Wildman–Crippen LogP) is 1.49. The molecule has 1 fully saturated rings. The van der Waals surface area contributed by atoms with E-state index in [1.807, 2.05) is 0 Å². The highest BCUT2D eigenvalue weighted by Crippen LogP contribution is 2.08. The molecule has 90 valence electrons. The van der Waals surface area contributed by atoms with Crippen LogP contribution in [0.5, 0.6) is 0 Å². The number of hydrogen-bond acceptors (Lipinski definition) is 3. The Morgan fingerprint density at radius 1 is 1.47 bits per heavy atom. The molecule has 0 radical (unpaired) electrons. The van der Waals surface area contributed by atoms with Crippen molar-refractivity contribution in [3.8, 4) is 0 Å². The summed E-state index contributed by atoms with van der Waals surface area (Å²) in [6.07, 6.45) is 3.77. The highest BCUT2D eigenvalue weighted by atomic mass is 16.5. The van der Waals surface area contributed by atoms with Crippen molar-refractivity contribution in [2.24, 2.45) is 0 Å². The Kier molecular flexibility index (Phi) is 6.22. The molecule has 0 aliphatic carbocycles. The summed E-state index contributed by atoms with van der Waals surface area (Å²) >= 11 is 0. The number of nitrogens with one attached hydrogen (secondary N) is 1. The fourth-order valence-electron chi connectivity index (χ4n) is 2.26.